The van der Waals surface area contributed by atoms with Gasteiger partial charge in [-0.25, -0.2) is 0 Å². The molecule has 0 spiro atoms. The summed E-state index contributed by atoms with van der Waals surface area (Å²) in [5.41, 5.74) is 5.56. The summed E-state index contributed by atoms with van der Waals surface area (Å²) in [6.45, 7) is 5.47. The molecule has 0 aromatic carbocycles. The van der Waals surface area contributed by atoms with Crippen molar-refractivity contribution in [2.24, 2.45) is 17.6 Å². The normalized spacial score (nSPS) is 19.3. The molecule has 0 amide bonds. The maximum Gasteiger partial charge on any atom is -0.00463 e. The molecular weight excluding hydrogens is 172 g/mol. The fraction of sp³-hybridized carbons (Fsp3) is 1.00. The summed E-state index contributed by atoms with van der Waals surface area (Å²) < 4.78 is 0. The van der Waals surface area contributed by atoms with Crippen molar-refractivity contribution in [1.82, 2.24) is 5.32 Å². The highest BCUT2D eigenvalue weighted by molar-refractivity contribution is 4.70. The van der Waals surface area contributed by atoms with Gasteiger partial charge in [-0.15, -0.1) is 0 Å². The third-order valence-electron chi connectivity index (χ3n) is 3.41. The molecule has 0 aliphatic heterocycles. The number of hydrogen-bond acceptors (Lipinski definition) is 2. The van der Waals surface area contributed by atoms with E-state index in [9.17, 15) is 0 Å². The van der Waals surface area contributed by atoms with Gasteiger partial charge in [-0.2, -0.15) is 0 Å². The van der Waals surface area contributed by atoms with Crippen LogP contribution < -0.4 is 11.1 Å². The minimum absolute atomic E-state index is 0.698. The summed E-state index contributed by atoms with van der Waals surface area (Å²) in [4.78, 5) is 0. The van der Waals surface area contributed by atoms with E-state index in [4.69, 9.17) is 5.73 Å². The molecule has 2 heteroatoms. The molecule has 1 fully saturated rings. The minimum Gasteiger partial charge on any atom is -0.330 e. The van der Waals surface area contributed by atoms with E-state index in [2.05, 4.69) is 12.2 Å². The quantitative estimate of drug-likeness (QED) is 0.586. The molecule has 1 aliphatic rings. The van der Waals surface area contributed by atoms with Gasteiger partial charge in [0.2, 0.25) is 0 Å². The number of hydrogen-bond donors (Lipinski definition) is 2. The van der Waals surface area contributed by atoms with Crippen LogP contribution in [0.15, 0.2) is 0 Å². The maximum absolute atomic E-state index is 5.56. The maximum atomic E-state index is 5.56. The van der Waals surface area contributed by atoms with Crippen molar-refractivity contribution < 1.29 is 0 Å². The summed E-state index contributed by atoms with van der Waals surface area (Å²) >= 11 is 0. The Morgan fingerprint density at radius 3 is 2.71 bits per heavy atom. The Hall–Kier alpha value is -0.0800. The Morgan fingerprint density at radius 1 is 1.36 bits per heavy atom. The van der Waals surface area contributed by atoms with Crippen LogP contribution in [0.2, 0.25) is 0 Å². The fourth-order valence-electron chi connectivity index (χ4n) is 1.91. The van der Waals surface area contributed by atoms with Gasteiger partial charge in [-0.1, -0.05) is 26.2 Å². The molecule has 0 heterocycles. The second-order valence-corrected chi connectivity index (χ2v) is 4.82. The molecule has 1 rings (SSSR count). The lowest BCUT2D eigenvalue weighted by atomic mass is 9.83. The van der Waals surface area contributed by atoms with E-state index in [0.29, 0.717) is 5.92 Å². The van der Waals surface area contributed by atoms with E-state index < -0.39 is 0 Å². The van der Waals surface area contributed by atoms with Crippen molar-refractivity contribution in [3.05, 3.63) is 0 Å². The first kappa shape index (κ1) is 12.0. The van der Waals surface area contributed by atoms with Gasteiger partial charge in [0.1, 0.15) is 0 Å². The molecule has 1 saturated carbocycles. The summed E-state index contributed by atoms with van der Waals surface area (Å²) in [7, 11) is 0. The monoisotopic (exact) mass is 198 g/mol. The van der Waals surface area contributed by atoms with Crippen molar-refractivity contribution in [2.75, 3.05) is 19.6 Å². The highest BCUT2D eigenvalue weighted by Gasteiger charge is 2.15. The van der Waals surface area contributed by atoms with Gasteiger partial charge >= 0.3 is 0 Å². The summed E-state index contributed by atoms with van der Waals surface area (Å²) in [6, 6.07) is 0. The second-order valence-electron chi connectivity index (χ2n) is 4.82. The van der Waals surface area contributed by atoms with E-state index >= 15 is 0 Å². The molecule has 1 atom stereocenters. The van der Waals surface area contributed by atoms with Crippen LogP contribution in [0.5, 0.6) is 0 Å². The molecule has 0 aromatic heterocycles. The lowest BCUT2D eigenvalue weighted by Crippen LogP contribution is -2.23. The molecule has 1 unspecified atom stereocenters. The lowest BCUT2D eigenvalue weighted by molar-refractivity contribution is 0.291. The van der Waals surface area contributed by atoms with Gasteiger partial charge in [0, 0.05) is 0 Å². The molecule has 2 nitrogen and oxygen atoms in total. The van der Waals surface area contributed by atoms with Crippen LogP contribution in [-0.2, 0) is 0 Å². The molecular formula is C12H26N2. The minimum atomic E-state index is 0.698. The van der Waals surface area contributed by atoms with Crippen molar-refractivity contribution in [1.29, 1.82) is 0 Å². The van der Waals surface area contributed by atoms with E-state index in [1.165, 1.54) is 51.6 Å². The second kappa shape index (κ2) is 7.24. The molecule has 14 heavy (non-hydrogen) atoms. The van der Waals surface area contributed by atoms with Gasteiger partial charge in [-0.05, 0) is 50.7 Å². The van der Waals surface area contributed by atoms with Crippen molar-refractivity contribution in [2.45, 2.75) is 45.4 Å². The molecule has 1 aliphatic carbocycles. The Morgan fingerprint density at radius 2 is 2.14 bits per heavy atom. The smallest absolute Gasteiger partial charge is 0.00463 e. The zero-order valence-corrected chi connectivity index (χ0v) is 9.60. The van der Waals surface area contributed by atoms with E-state index in [0.717, 1.165) is 12.5 Å². The average Bonchev–Trinajstić information content (AvgIpc) is 2.13. The summed E-state index contributed by atoms with van der Waals surface area (Å²) in [6.07, 6.45) is 8.37. The van der Waals surface area contributed by atoms with Crippen LogP contribution in [0.1, 0.15) is 45.4 Å². The highest BCUT2D eigenvalue weighted by atomic mass is 14.8. The van der Waals surface area contributed by atoms with Crippen LogP contribution in [0.4, 0.5) is 0 Å². The number of nitrogens with two attached hydrogens (primary N) is 1. The van der Waals surface area contributed by atoms with E-state index in [-0.39, 0.29) is 0 Å². The van der Waals surface area contributed by atoms with E-state index in [1.54, 1.807) is 0 Å². The third-order valence-corrected chi connectivity index (χ3v) is 3.41. The molecule has 0 aromatic rings. The van der Waals surface area contributed by atoms with Gasteiger partial charge in [0.25, 0.3) is 0 Å². The standard InChI is InChI=1S/C12H26N2/c1-11(10-13)4-3-8-14-9-7-12-5-2-6-12/h11-12,14H,2-10,13H2,1H3. The summed E-state index contributed by atoms with van der Waals surface area (Å²) in [5.74, 6) is 1.74. The van der Waals surface area contributed by atoms with Crippen LogP contribution in [0, 0.1) is 11.8 Å². The fourth-order valence-corrected chi connectivity index (χ4v) is 1.91. The first-order valence-corrected chi connectivity index (χ1v) is 6.23. The topological polar surface area (TPSA) is 38.0 Å². The van der Waals surface area contributed by atoms with Crippen LogP contribution in [0.25, 0.3) is 0 Å². The van der Waals surface area contributed by atoms with Crippen molar-refractivity contribution in [3.8, 4) is 0 Å². The van der Waals surface area contributed by atoms with Crippen molar-refractivity contribution in [3.63, 3.8) is 0 Å². The zero-order valence-electron chi connectivity index (χ0n) is 9.60. The first-order valence-electron chi connectivity index (χ1n) is 6.23. The van der Waals surface area contributed by atoms with Gasteiger partial charge in [0.15, 0.2) is 0 Å². The molecule has 84 valence electrons. The van der Waals surface area contributed by atoms with Crippen LogP contribution in [0.3, 0.4) is 0 Å². The average molecular weight is 198 g/mol. The SMILES string of the molecule is CC(CN)CCCNCCC1CCC1. The van der Waals surface area contributed by atoms with Gasteiger partial charge in [0.05, 0.1) is 0 Å². The molecule has 0 radical (unpaired) electrons. The largest absolute Gasteiger partial charge is 0.330 e. The van der Waals surface area contributed by atoms with Crippen molar-refractivity contribution >= 4 is 0 Å². The Balaban J connectivity index is 1.75. The van der Waals surface area contributed by atoms with E-state index in [1.807, 2.05) is 0 Å². The number of rotatable bonds is 8. The molecule has 3 N–H and O–H groups in total. The van der Waals surface area contributed by atoms with Crippen LogP contribution in [-0.4, -0.2) is 19.6 Å². The zero-order chi connectivity index (χ0) is 10.2. The first-order chi connectivity index (χ1) is 6.83. The number of nitrogens with one attached hydrogen (secondary N) is 1. The Labute approximate surface area is 88.6 Å². The Bertz CT molecular complexity index is 124. The molecule has 0 saturated heterocycles. The predicted octanol–water partition coefficient (Wildman–Crippen LogP) is 2.14. The van der Waals surface area contributed by atoms with Crippen LogP contribution >= 0.6 is 0 Å². The summed E-state index contributed by atoms with van der Waals surface area (Å²) in [5, 5.41) is 3.52. The lowest BCUT2D eigenvalue weighted by Gasteiger charge is -2.25. The highest BCUT2D eigenvalue weighted by Crippen LogP contribution is 2.28. The Kier molecular flexibility index (Phi) is 6.20. The van der Waals surface area contributed by atoms with Gasteiger partial charge < -0.3 is 11.1 Å². The third kappa shape index (κ3) is 4.97. The van der Waals surface area contributed by atoms with Gasteiger partial charge in [-0.3, -0.25) is 0 Å². The predicted molar refractivity (Wildman–Crippen MR) is 62.3 cm³/mol. The molecule has 0 bridgehead atoms.